The highest BCUT2D eigenvalue weighted by atomic mass is 32.1. The smallest absolute Gasteiger partial charge is 0.0476 e. The van der Waals surface area contributed by atoms with Crippen LogP contribution in [0.15, 0.2) is 176 Å². The summed E-state index contributed by atoms with van der Waals surface area (Å²) in [4.78, 5) is 2.38. The number of hydrogen-bond donors (Lipinski definition) is 0. The van der Waals surface area contributed by atoms with Gasteiger partial charge in [0.25, 0.3) is 0 Å². The van der Waals surface area contributed by atoms with E-state index in [0.717, 1.165) is 17.1 Å². The zero-order valence-electron chi connectivity index (χ0n) is 26.5. The number of anilines is 3. The first-order chi connectivity index (χ1) is 24.3. The van der Waals surface area contributed by atoms with E-state index in [1.54, 1.807) is 0 Å². The highest BCUT2D eigenvalue weighted by molar-refractivity contribution is 7.26. The lowest BCUT2D eigenvalue weighted by molar-refractivity contribution is 1.29. The molecular formula is C46H29NS2. The van der Waals surface area contributed by atoms with Crippen LogP contribution in [0, 0.1) is 0 Å². The summed E-state index contributed by atoms with van der Waals surface area (Å²) in [6, 6.07) is 64.4. The van der Waals surface area contributed by atoms with Crippen molar-refractivity contribution >= 4 is 90.9 Å². The van der Waals surface area contributed by atoms with E-state index in [1.807, 2.05) is 22.7 Å². The van der Waals surface area contributed by atoms with Crippen LogP contribution in [-0.4, -0.2) is 0 Å². The molecule has 0 bridgehead atoms. The maximum atomic E-state index is 2.38. The third-order valence-electron chi connectivity index (χ3n) is 9.67. The third-order valence-corrected chi connectivity index (χ3v) is 12.0. The van der Waals surface area contributed by atoms with Gasteiger partial charge >= 0.3 is 0 Å². The Bertz CT molecular complexity index is 2810. The summed E-state index contributed by atoms with van der Waals surface area (Å²) in [6.07, 6.45) is 0. The maximum Gasteiger partial charge on any atom is 0.0476 e. The van der Waals surface area contributed by atoms with Crippen LogP contribution >= 0.6 is 22.7 Å². The molecule has 0 N–H and O–H groups in total. The molecule has 0 saturated heterocycles. The molecule has 3 heteroatoms. The monoisotopic (exact) mass is 659 g/mol. The Kier molecular flexibility index (Phi) is 6.61. The molecule has 0 atom stereocenters. The Hall–Kier alpha value is -5.74. The lowest BCUT2D eigenvalue weighted by atomic mass is 9.99. The van der Waals surface area contributed by atoms with Gasteiger partial charge in [-0.05, 0) is 82.2 Å². The van der Waals surface area contributed by atoms with Gasteiger partial charge in [0.2, 0.25) is 0 Å². The van der Waals surface area contributed by atoms with Gasteiger partial charge in [0, 0.05) is 62.8 Å². The molecule has 0 radical (unpaired) electrons. The first-order valence-electron chi connectivity index (χ1n) is 16.6. The van der Waals surface area contributed by atoms with Crippen molar-refractivity contribution < 1.29 is 0 Å². The molecule has 10 aromatic rings. The van der Waals surface area contributed by atoms with Gasteiger partial charge in [-0.1, -0.05) is 121 Å². The van der Waals surface area contributed by atoms with Crippen LogP contribution in [0.3, 0.4) is 0 Å². The van der Waals surface area contributed by atoms with Crippen LogP contribution in [0.2, 0.25) is 0 Å². The van der Waals surface area contributed by atoms with Crippen LogP contribution < -0.4 is 4.90 Å². The Morgan fingerprint density at radius 1 is 0.306 bits per heavy atom. The van der Waals surface area contributed by atoms with Gasteiger partial charge in [0.15, 0.2) is 0 Å². The molecule has 0 aliphatic rings. The molecule has 0 spiro atoms. The van der Waals surface area contributed by atoms with Gasteiger partial charge in [-0.15, -0.1) is 22.7 Å². The maximum absolute atomic E-state index is 2.38. The SMILES string of the molecule is c1ccc(-c2ccc(N(c3ccc(-c4ccc5ccc6c7ccccc7sc6c5c4)cc3)c3ccc4c(c3)sc3ccccc34)cc2)cc1. The van der Waals surface area contributed by atoms with E-state index in [9.17, 15) is 0 Å². The second-order valence-corrected chi connectivity index (χ2v) is 14.7. The van der Waals surface area contributed by atoms with Crippen molar-refractivity contribution in [3.05, 3.63) is 176 Å². The molecule has 0 aliphatic carbocycles. The number of benzene rings is 8. The molecule has 0 saturated carbocycles. The van der Waals surface area contributed by atoms with Gasteiger partial charge in [-0.2, -0.15) is 0 Å². The van der Waals surface area contributed by atoms with Gasteiger partial charge in [0.1, 0.15) is 0 Å². The molecule has 0 unspecified atom stereocenters. The molecule has 10 rings (SSSR count). The van der Waals surface area contributed by atoms with Gasteiger partial charge in [0.05, 0.1) is 0 Å². The van der Waals surface area contributed by atoms with Crippen molar-refractivity contribution in [1.82, 2.24) is 0 Å². The zero-order valence-corrected chi connectivity index (χ0v) is 28.1. The van der Waals surface area contributed by atoms with Crippen molar-refractivity contribution in [2.45, 2.75) is 0 Å². The Morgan fingerprint density at radius 3 is 1.55 bits per heavy atom. The fourth-order valence-corrected chi connectivity index (χ4v) is 9.59. The molecule has 1 nitrogen and oxygen atoms in total. The average molecular weight is 660 g/mol. The van der Waals surface area contributed by atoms with Crippen LogP contribution in [0.25, 0.3) is 73.4 Å². The number of fused-ring (bicyclic) bond motifs is 8. The molecule has 230 valence electrons. The minimum atomic E-state index is 1.13. The van der Waals surface area contributed by atoms with Crippen molar-refractivity contribution in [3.63, 3.8) is 0 Å². The number of thiophene rings is 2. The second-order valence-electron chi connectivity index (χ2n) is 12.6. The van der Waals surface area contributed by atoms with Crippen molar-refractivity contribution in [2.24, 2.45) is 0 Å². The molecule has 0 fully saturated rings. The normalized spacial score (nSPS) is 11.7. The first kappa shape index (κ1) is 28.3. The van der Waals surface area contributed by atoms with Gasteiger partial charge in [-0.3, -0.25) is 0 Å². The highest BCUT2D eigenvalue weighted by Crippen LogP contribution is 2.43. The standard InChI is InChI=1S/C46H29NS2/c1-2-8-30(9-3-1)31-16-21-35(22-17-31)47(37-25-27-40-38-10-4-6-12-43(38)48-45(40)29-37)36-23-18-32(19-24-36)34-15-14-33-20-26-41-39-11-5-7-13-44(39)49-46(41)42(33)28-34/h1-29H. The van der Waals surface area contributed by atoms with Crippen molar-refractivity contribution in [3.8, 4) is 22.3 Å². The highest BCUT2D eigenvalue weighted by Gasteiger charge is 2.16. The summed E-state index contributed by atoms with van der Waals surface area (Å²) in [5, 5.41) is 7.90. The Balaban J connectivity index is 1.07. The lowest BCUT2D eigenvalue weighted by Gasteiger charge is -2.26. The predicted molar refractivity (Wildman–Crippen MR) is 215 cm³/mol. The average Bonchev–Trinajstić information content (AvgIpc) is 3.74. The van der Waals surface area contributed by atoms with E-state index < -0.39 is 0 Å². The van der Waals surface area contributed by atoms with Gasteiger partial charge < -0.3 is 4.90 Å². The van der Waals surface area contributed by atoms with E-state index in [2.05, 4.69) is 181 Å². The predicted octanol–water partition coefficient (Wildman–Crippen LogP) is 14.4. The van der Waals surface area contributed by atoms with E-state index in [4.69, 9.17) is 0 Å². The summed E-state index contributed by atoms with van der Waals surface area (Å²) in [5.41, 5.74) is 8.29. The number of rotatable bonds is 5. The zero-order chi connectivity index (χ0) is 32.3. The van der Waals surface area contributed by atoms with Crippen LogP contribution in [0.4, 0.5) is 17.1 Å². The largest absolute Gasteiger partial charge is 0.310 e. The summed E-state index contributed by atoms with van der Waals surface area (Å²) < 4.78 is 5.32. The van der Waals surface area contributed by atoms with E-state index in [1.165, 1.54) is 73.4 Å². The fourth-order valence-electron chi connectivity index (χ4n) is 7.22. The summed E-state index contributed by atoms with van der Waals surface area (Å²) in [5.74, 6) is 0. The second kappa shape index (κ2) is 11.5. The van der Waals surface area contributed by atoms with Crippen LogP contribution in [0.1, 0.15) is 0 Å². The van der Waals surface area contributed by atoms with Gasteiger partial charge in [-0.25, -0.2) is 0 Å². The third kappa shape index (κ3) is 4.82. The number of nitrogens with zero attached hydrogens (tertiary/aromatic N) is 1. The molecule has 49 heavy (non-hydrogen) atoms. The minimum absolute atomic E-state index is 1.13. The molecule has 2 heterocycles. The van der Waals surface area contributed by atoms with Crippen LogP contribution in [0.5, 0.6) is 0 Å². The van der Waals surface area contributed by atoms with Crippen molar-refractivity contribution in [1.29, 1.82) is 0 Å². The first-order valence-corrected chi connectivity index (χ1v) is 18.2. The molecule has 0 amide bonds. The van der Waals surface area contributed by atoms with E-state index >= 15 is 0 Å². The van der Waals surface area contributed by atoms with E-state index in [-0.39, 0.29) is 0 Å². The van der Waals surface area contributed by atoms with E-state index in [0.29, 0.717) is 0 Å². The Morgan fingerprint density at radius 2 is 0.816 bits per heavy atom. The number of hydrogen-bond acceptors (Lipinski definition) is 3. The summed E-state index contributed by atoms with van der Waals surface area (Å²) in [7, 11) is 0. The molecule has 2 aromatic heterocycles. The quantitative estimate of drug-likeness (QED) is 0.178. The minimum Gasteiger partial charge on any atom is -0.310 e. The topological polar surface area (TPSA) is 3.24 Å². The fraction of sp³-hybridized carbons (Fsp3) is 0. The molecular weight excluding hydrogens is 631 g/mol. The Labute approximate surface area is 292 Å². The molecule has 8 aromatic carbocycles. The van der Waals surface area contributed by atoms with Crippen LogP contribution in [-0.2, 0) is 0 Å². The lowest BCUT2D eigenvalue weighted by Crippen LogP contribution is -2.09. The van der Waals surface area contributed by atoms with Crippen molar-refractivity contribution in [2.75, 3.05) is 4.90 Å². The summed E-state index contributed by atoms with van der Waals surface area (Å²) in [6.45, 7) is 0. The summed E-state index contributed by atoms with van der Waals surface area (Å²) >= 11 is 3.75. The molecule has 0 aliphatic heterocycles.